The van der Waals surface area contributed by atoms with Crippen LogP contribution in [0.2, 0.25) is 0 Å². The number of phenolic OH excluding ortho intramolecular Hbond substituents is 1. The van der Waals surface area contributed by atoms with E-state index >= 15 is 0 Å². The molecule has 1 aliphatic heterocycles. The van der Waals surface area contributed by atoms with Crippen molar-refractivity contribution < 1.29 is 5.11 Å². The fraction of sp³-hybridized carbons (Fsp3) is 0.462. The maximum Gasteiger partial charge on any atom is 0.115 e. The van der Waals surface area contributed by atoms with Gasteiger partial charge in [0.1, 0.15) is 5.75 Å². The predicted molar refractivity (Wildman–Crippen MR) is 72.9 cm³/mol. The number of nitrogens with zero attached hydrogens (tertiary/aromatic N) is 1. The summed E-state index contributed by atoms with van der Waals surface area (Å²) in [7, 11) is 0. The first-order valence-electron chi connectivity index (χ1n) is 5.95. The molecule has 1 fully saturated rings. The summed E-state index contributed by atoms with van der Waals surface area (Å²) in [6.07, 6.45) is 2.24. The van der Waals surface area contributed by atoms with Gasteiger partial charge in [-0.2, -0.15) is 0 Å². The van der Waals surface area contributed by atoms with Gasteiger partial charge in [0.25, 0.3) is 0 Å². The van der Waals surface area contributed by atoms with Crippen LogP contribution in [0.5, 0.6) is 5.75 Å². The fourth-order valence-electron chi connectivity index (χ4n) is 2.34. The maximum absolute atomic E-state index is 9.42. The molecular weight excluding hydrogens is 232 g/mol. The molecule has 3 nitrogen and oxygen atoms in total. The molecule has 0 bridgehead atoms. The van der Waals surface area contributed by atoms with E-state index in [0.29, 0.717) is 16.7 Å². The van der Waals surface area contributed by atoms with E-state index in [1.165, 1.54) is 0 Å². The Morgan fingerprint density at radius 3 is 3.06 bits per heavy atom. The number of piperidine rings is 1. The van der Waals surface area contributed by atoms with Gasteiger partial charge in [-0.1, -0.05) is 24.4 Å². The summed E-state index contributed by atoms with van der Waals surface area (Å²) in [6.45, 7) is 2.87. The van der Waals surface area contributed by atoms with Crippen molar-refractivity contribution >= 4 is 17.2 Å². The van der Waals surface area contributed by atoms with Crippen molar-refractivity contribution in [1.82, 2.24) is 4.90 Å². The van der Waals surface area contributed by atoms with E-state index in [0.717, 1.165) is 38.0 Å². The molecule has 0 spiro atoms. The lowest BCUT2D eigenvalue weighted by Gasteiger charge is -2.32. The van der Waals surface area contributed by atoms with Crippen LogP contribution in [0.4, 0.5) is 0 Å². The van der Waals surface area contributed by atoms with Crippen LogP contribution in [0.3, 0.4) is 0 Å². The van der Waals surface area contributed by atoms with Crippen LogP contribution in [0.15, 0.2) is 24.3 Å². The standard InChI is InChI=1S/C13H18N2OS/c14-13(17)11-4-2-6-15(9-11)8-10-3-1-5-12(16)7-10/h1,3,5,7,11,16H,2,4,6,8-9H2,(H2,14,17). The average molecular weight is 250 g/mol. The van der Waals surface area contributed by atoms with Crippen molar-refractivity contribution in [1.29, 1.82) is 0 Å². The lowest BCUT2D eigenvalue weighted by molar-refractivity contribution is 0.197. The Labute approximate surface area is 107 Å². The summed E-state index contributed by atoms with van der Waals surface area (Å²) in [5, 5.41) is 9.42. The van der Waals surface area contributed by atoms with Gasteiger partial charge in [0.15, 0.2) is 0 Å². The first kappa shape index (κ1) is 12.3. The molecule has 92 valence electrons. The molecule has 1 heterocycles. The molecule has 2 rings (SSSR count). The van der Waals surface area contributed by atoms with Gasteiger partial charge in [0.05, 0.1) is 4.99 Å². The largest absolute Gasteiger partial charge is 0.508 e. The zero-order valence-electron chi connectivity index (χ0n) is 9.80. The normalized spacial score (nSPS) is 21.3. The maximum atomic E-state index is 9.42. The average Bonchev–Trinajstić information content (AvgIpc) is 2.29. The smallest absolute Gasteiger partial charge is 0.115 e. The van der Waals surface area contributed by atoms with Crippen molar-refractivity contribution in [2.45, 2.75) is 19.4 Å². The van der Waals surface area contributed by atoms with E-state index in [1.807, 2.05) is 18.2 Å². The van der Waals surface area contributed by atoms with Crippen molar-refractivity contribution in [2.75, 3.05) is 13.1 Å². The summed E-state index contributed by atoms with van der Waals surface area (Å²) in [6, 6.07) is 7.41. The lowest BCUT2D eigenvalue weighted by atomic mass is 9.97. The Kier molecular flexibility index (Phi) is 3.97. The third-order valence-corrected chi connectivity index (χ3v) is 3.56. The van der Waals surface area contributed by atoms with Crippen LogP contribution in [-0.2, 0) is 6.54 Å². The van der Waals surface area contributed by atoms with Crippen LogP contribution in [0.1, 0.15) is 18.4 Å². The predicted octanol–water partition coefficient (Wildman–Crippen LogP) is 1.89. The van der Waals surface area contributed by atoms with Gasteiger partial charge < -0.3 is 10.8 Å². The summed E-state index contributed by atoms with van der Waals surface area (Å²) >= 11 is 5.06. The highest BCUT2D eigenvalue weighted by atomic mass is 32.1. The first-order valence-corrected chi connectivity index (χ1v) is 6.35. The number of thiocarbonyl (C=S) groups is 1. The van der Waals surface area contributed by atoms with E-state index < -0.39 is 0 Å². The number of aromatic hydroxyl groups is 1. The van der Waals surface area contributed by atoms with Gasteiger partial charge in [0.2, 0.25) is 0 Å². The van der Waals surface area contributed by atoms with Gasteiger partial charge in [-0.3, -0.25) is 4.90 Å². The molecule has 1 unspecified atom stereocenters. The van der Waals surface area contributed by atoms with E-state index in [2.05, 4.69) is 4.90 Å². The molecule has 4 heteroatoms. The van der Waals surface area contributed by atoms with Gasteiger partial charge in [-0.15, -0.1) is 0 Å². The Hall–Kier alpha value is -1.13. The van der Waals surface area contributed by atoms with Crippen molar-refractivity contribution in [3.05, 3.63) is 29.8 Å². The summed E-state index contributed by atoms with van der Waals surface area (Å²) in [5.74, 6) is 0.668. The second-order valence-electron chi connectivity index (χ2n) is 4.65. The Morgan fingerprint density at radius 1 is 1.53 bits per heavy atom. The van der Waals surface area contributed by atoms with Gasteiger partial charge >= 0.3 is 0 Å². The molecule has 1 saturated heterocycles. The highest BCUT2D eigenvalue weighted by Crippen LogP contribution is 2.20. The van der Waals surface area contributed by atoms with Crippen LogP contribution < -0.4 is 5.73 Å². The van der Waals surface area contributed by atoms with E-state index in [4.69, 9.17) is 18.0 Å². The minimum absolute atomic E-state index is 0.324. The molecular formula is C13H18N2OS. The van der Waals surface area contributed by atoms with Gasteiger partial charge in [-0.25, -0.2) is 0 Å². The highest BCUT2D eigenvalue weighted by Gasteiger charge is 2.21. The minimum Gasteiger partial charge on any atom is -0.508 e. The fourth-order valence-corrected chi connectivity index (χ4v) is 2.54. The molecule has 3 N–H and O–H groups in total. The monoisotopic (exact) mass is 250 g/mol. The highest BCUT2D eigenvalue weighted by molar-refractivity contribution is 7.80. The molecule has 1 aliphatic rings. The van der Waals surface area contributed by atoms with E-state index in [9.17, 15) is 5.11 Å². The zero-order valence-corrected chi connectivity index (χ0v) is 10.6. The Bertz CT molecular complexity index is 408. The van der Waals surface area contributed by atoms with Crippen LogP contribution in [0.25, 0.3) is 0 Å². The first-order chi connectivity index (χ1) is 8.15. The molecule has 0 radical (unpaired) electrons. The zero-order chi connectivity index (χ0) is 12.3. The van der Waals surface area contributed by atoms with Crippen molar-refractivity contribution in [3.63, 3.8) is 0 Å². The SMILES string of the molecule is NC(=S)C1CCCN(Cc2cccc(O)c2)C1. The Morgan fingerprint density at radius 2 is 2.35 bits per heavy atom. The van der Waals surface area contributed by atoms with Crippen LogP contribution in [-0.4, -0.2) is 28.1 Å². The van der Waals surface area contributed by atoms with E-state index in [-0.39, 0.29) is 0 Å². The molecule has 17 heavy (non-hydrogen) atoms. The quantitative estimate of drug-likeness (QED) is 0.804. The summed E-state index contributed by atoms with van der Waals surface area (Å²) in [4.78, 5) is 2.98. The number of nitrogens with two attached hydrogens (primary N) is 1. The third-order valence-electron chi connectivity index (χ3n) is 3.22. The topological polar surface area (TPSA) is 49.5 Å². The molecule has 1 aromatic carbocycles. The summed E-state index contributed by atoms with van der Waals surface area (Å²) in [5.41, 5.74) is 6.84. The lowest BCUT2D eigenvalue weighted by Crippen LogP contribution is -2.39. The molecule has 1 atom stereocenters. The van der Waals surface area contributed by atoms with E-state index in [1.54, 1.807) is 6.07 Å². The third kappa shape index (κ3) is 3.41. The molecule has 1 aromatic rings. The number of rotatable bonds is 3. The second-order valence-corrected chi connectivity index (χ2v) is 5.12. The van der Waals surface area contributed by atoms with Gasteiger partial charge in [-0.05, 0) is 37.1 Å². The number of phenols is 1. The van der Waals surface area contributed by atoms with Crippen molar-refractivity contribution in [2.24, 2.45) is 11.7 Å². The number of likely N-dealkylation sites (tertiary alicyclic amines) is 1. The number of hydrogen-bond acceptors (Lipinski definition) is 3. The number of benzene rings is 1. The van der Waals surface area contributed by atoms with Crippen molar-refractivity contribution in [3.8, 4) is 5.75 Å². The molecule has 0 aliphatic carbocycles. The molecule has 0 saturated carbocycles. The molecule has 0 amide bonds. The second kappa shape index (κ2) is 5.47. The molecule has 0 aromatic heterocycles. The van der Waals surface area contributed by atoms with Crippen LogP contribution >= 0.6 is 12.2 Å². The Balaban J connectivity index is 1.97. The summed E-state index contributed by atoms with van der Waals surface area (Å²) < 4.78 is 0. The number of hydrogen-bond donors (Lipinski definition) is 2. The van der Waals surface area contributed by atoms with Gasteiger partial charge in [0, 0.05) is 19.0 Å². The van der Waals surface area contributed by atoms with Crippen LogP contribution in [0, 0.1) is 5.92 Å². The minimum atomic E-state index is 0.324.